The molecule has 1 N–H and O–H groups in total. The van der Waals surface area contributed by atoms with Gasteiger partial charge in [0.2, 0.25) is 5.82 Å². The van der Waals surface area contributed by atoms with Crippen molar-refractivity contribution in [1.82, 2.24) is 14.8 Å². The number of anilines is 1. The third-order valence-electron chi connectivity index (χ3n) is 3.41. The summed E-state index contributed by atoms with van der Waals surface area (Å²) in [5.41, 5.74) is 3.05. The Labute approximate surface area is 132 Å². The number of pyridine rings is 1. The summed E-state index contributed by atoms with van der Waals surface area (Å²) in [5, 5.41) is 18.2. The molecule has 0 spiro atoms. The summed E-state index contributed by atoms with van der Waals surface area (Å²) >= 11 is 0. The third kappa shape index (κ3) is 3.34. The van der Waals surface area contributed by atoms with Crippen LogP contribution < -0.4 is 5.32 Å². The van der Waals surface area contributed by atoms with E-state index < -0.39 is 4.92 Å². The van der Waals surface area contributed by atoms with Gasteiger partial charge in [-0.3, -0.25) is 14.8 Å². The second-order valence-electron chi connectivity index (χ2n) is 5.08. The van der Waals surface area contributed by atoms with Crippen molar-refractivity contribution in [1.29, 1.82) is 0 Å². The number of nitro groups is 1. The van der Waals surface area contributed by atoms with Crippen molar-refractivity contribution < 1.29 is 4.92 Å². The van der Waals surface area contributed by atoms with E-state index in [2.05, 4.69) is 15.4 Å². The molecule has 0 atom stereocenters. The Morgan fingerprint density at radius 2 is 2.13 bits per heavy atom. The maximum absolute atomic E-state index is 11.0. The van der Waals surface area contributed by atoms with Crippen molar-refractivity contribution in [3.63, 3.8) is 0 Å². The molecule has 0 amide bonds. The van der Waals surface area contributed by atoms with Crippen LogP contribution in [0.5, 0.6) is 0 Å². The van der Waals surface area contributed by atoms with Crippen LogP contribution in [0.2, 0.25) is 0 Å². The van der Waals surface area contributed by atoms with Crippen molar-refractivity contribution >= 4 is 11.5 Å². The molecule has 0 aliphatic rings. The number of nitrogens with zero attached hydrogens (tertiary/aromatic N) is 4. The van der Waals surface area contributed by atoms with Gasteiger partial charge in [0.05, 0.1) is 11.1 Å². The molecule has 0 bridgehead atoms. The molecule has 0 radical (unpaired) electrons. The molecule has 0 saturated carbocycles. The van der Waals surface area contributed by atoms with E-state index in [1.54, 1.807) is 16.9 Å². The lowest BCUT2D eigenvalue weighted by Crippen LogP contribution is -2.04. The molecule has 0 saturated heterocycles. The fourth-order valence-electron chi connectivity index (χ4n) is 2.30. The maximum atomic E-state index is 11.0. The van der Waals surface area contributed by atoms with E-state index in [1.807, 2.05) is 37.5 Å². The number of aromatic nitrogens is 3. The minimum atomic E-state index is -0.443. The molecule has 3 rings (SSSR count). The van der Waals surface area contributed by atoms with Crippen LogP contribution in [0, 0.1) is 10.1 Å². The topological polar surface area (TPSA) is 85.9 Å². The van der Waals surface area contributed by atoms with Crippen LogP contribution in [-0.2, 0) is 13.6 Å². The molecular formula is C16H15N5O2. The molecule has 1 aromatic carbocycles. The van der Waals surface area contributed by atoms with Gasteiger partial charge in [0, 0.05) is 37.6 Å². The van der Waals surface area contributed by atoms with Gasteiger partial charge in [0.15, 0.2) is 0 Å². The van der Waals surface area contributed by atoms with E-state index in [9.17, 15) is 10.1 Å². The summed E-state index contributed by atoms with van der Waals surface area (Å²) in [6.45, 7) is 0.450. The van der Waals surface area contributed by atoms with Crippen LogP contribution >= 0.6 is 0 Å². The highest BCUT2D eigenvalue weighted by molar-refractivity contribution is 5.63. The van der Waals surface area contributed by atoms with Gasteiger partial charge in [-0.2, -0.15) is 5.10 Å². The lowest BCUT2D eigenvalue weighted by atomic mass is 10.1. The smallest absolute Gasteiger partial charge is 0.311 e. The van der Waals surface area contributed by atoms with Crippen molar-refractivity contribution in [3.05, 3.63) is 70.7 Å². The molecule has 0 fully saturated rings. The summed E-state index contributed by atoms with van der Waals surface area (Å²) in [6, 6.07) is 10.9. The predicted molar refractivity (Wildman–Crippen MR) is 86.9 cm³/mol. The first-order valence-corrected chi connectivity index (χ1v) is 7.05. The van der Waals surface area contributed by atoms with Crippen LogP contribution in [0.15, 0.2) is 55.0 Å². The minimum absolute atomic E-state index is 0.0316. The second-order valence-corrected chi connectivity index (χ2v) is 5.08. The molecule has 3 aromatic rings. The largest absolute Gasteiger partial charge is 0.360 e. The lowest BCUT2D eigenvalue weighted by Gasteiger charge is -2.07. The van der Waals surface area contributed by atoms with E-state index >= 15 is 0 Å². The fourth-order valence-corrected chi connectivity index (χ4v) is 2.30. The molecule has 2 aromatic heterocycles. The number of rotatable bonds is 5. The van der Waals surface area contributed by atoms with Gasteiger partial charge >= 0.3 is 5.69 Å². The number of benzene rings is 1. The van der Waals surface area contributed by atoms with Crippen LogP contribution in [0.4, 0.5) is 11.5 Å². The summed E-state index contributed by atoms with van der Waals surface area (Å²) in [6.07, 6.45) is 5.27. The Hall–Kier alpha value is -3.22. The van der Waals surface area contributed by atoms with E-state index in [1.165, 1.54) is 12.3 Å². The Bertz CT molecular complexity index is 844. The van der Waals surface area contributed by atoms with Gasteiger partial charge in [-0.05, 0) is 23.3 Å². The SMILES string of the molecule is Cn1cc(-c2cccc(CNc3ncccc3[N+](=O)[O-])c2)cn1. The van der Waals surface area contributed by atoms with E-state index in [-0.39, 0.29) is 11.5 Å². The summed E-state index contributed by atoms with van der Waals surface area (Å²) < 4.78 is 1.75. The van der Waals surface area contributed by atoms with Crippen LogP contribution in [0.1, 0.15) is 5.56 Å². The highest BCUT2D eigenvalue weighted by Gasteiger charge is 2.13. The zero-order valence-electron chi connectivity index (χ0n) is 12.5. The van der Waals surface area contributed by atoms with Crippen molar-refractivity contribution in [2.45, 2.75) is 6.54 Å². The van der Waals surface area contributed by atoms with Gasteiger partial charge in [0.25, 0.3) is 0 Å². The first kappa shape index (κ1) is 14.7. The summed E-state index contributed by atoms with van der Waals surface area (Å²) in [4.78, 5) is 14.6. The molecule has 0 unspecified atom stereocenters. The van der Waals surface area contributed by atoms with Crippen molar-refractivity contribution in [2.75, 3.05) is 5.32 Å². The zero-order valence-corrected chi connectivity index (χ0v) is 12.5. The lowest BCUT2D eigenvalue weighted by molar-refractivity contribution is -0.384. The average molecular weight is 309 g/mol. The van der Waals surface area contributed by atoms with E-state index in [0.29, 0.717) is 6.54 Å². The molecular weight excluding hydrogens is 294 g/mol. The van der Waals surface area contributed by atoms with Gasteiger partial charge < -0.3 is 5.32 Å². The standard InChI is InChI=1S/C16H15N5O2/c1-20-11-14(10-19-20)13-5-2-4-12(8-13)9-18-16-15(21(22)23)6-3-7-17-16/h2-8,10-11H,9H2,1H3,(H,17,18). The highest BCUT2D eigenvalue weighted by Crippen LogP contribution is 2.23. The van der Waals surface area contributed by atoms with Crippen LogP contribution in [0.3, 0.4) is 0 Å². The van der Waals surface area contributed by atoms with E-state index in [0.717, 1.165) is 16.7 Å². The maximum Gasteiger partial charge on any atom is 0.311 e. The van der Waals surface area contributed by atoms with Gasteiger partial charge in [-0.1, -0.05) is 18.2 Å². The molecule has 0 aliphatic carbocycles. The second kappa shape index (κ2) is 6.27. The zero-order chi connectivity index (χ0) is 16.2. The summed E-state index contributed by atoms with van der Waals surface area (Å²) in [7, 11) is 1.87. The fraction of sp³-hybridized carbons (Fsp3) is 0.125. The Morgan fingerprint density at radius 1 is 1.26 bits per heavy atom. The number of hydrogen-bond donors (Lipinski definition) is 1. The quantitative estimate of drug-likeness (QED) is 0.578. The minimum Gasteiger partial charge on any atom is -0.360 e. The third-order valence-corrected chi connectivity index (χ3v) is 3.41. The van der Waals surface area contributed by atoms with Gasteiger partial charge in [-0.25, -0.2) is 4.98 Å². The van der Waals surface area contributed by atoms with Crippen molar-refractivity contribution in [2.24, 2.45) is 7.05 Å². The normalized spacial score (nSPS) is 10.5. The average Bonchev–Trinajstić information content (AvgIpc) is 3.00. The number of aryl methyl sites for hydroxylation is 1. The Morgan fingerprint density at radius 3 is 2.87 bits per heavy atom. The first-order valence-electron chi connectivity index (χ1n) is 7.05. The Kier molecular flexibility index (Phi) is 4.01. The van der Waals surface area contributed by atoms with Gasteiger partial charge in [0.1, 0.15) is 0 Å². The highest BCUT2D eigenvalue weighted by atomic mass is 16.6. The van der Waals surface area contributed by atoms with Crippen molar-refractivity contribution in [3.8, 4) is 11.1 Å². The van der Waals surface area contributed by atoms with E-state index in [4.69, 9.17) is 0 Å². The monoisotopic (exact) mass is 309 g/mol. The molecule has 7 heteroatoms. The predicted octanol–water partition coefficient (Wildman–Crippen LogP) is 3.00. The molecule has 0 aliphatic heterocycles. The van der Waals surface area contributed by atoms with Crippen LogP contribution in [-0.4, -0.2) is 19.7 Å². The molecule has 2 heterocycles. The number of hydrogen-bond acceptors (Lipinski definition) is 5. The first-order chi connectivity index (χ1) is 11.1. The summed E-state index contributed by atoms with van der Waals surface area (Å²) in [5.74, 6) is 0.268. The number of nitrogens with one attached hydrogen (secondary N) is 1. The molecule has 7 nitrogen and oxygen atoms in total. The molecule has 23 heavy (non-hydrogen) atoms. The van der Waals surface area contributed by atoms with Gasteiger partial charge in [-0.15, -0.1) is 0 Å². The Balaban J connectivity index is 1.78. The molecule has 116 valence electrons. The van der Waals surface area contributed by atoms with Crippen LogP contribution in [0.25, 0.3) is 11.1 Å².